The summed E-state index contributed by atoms with van der Waals surface area (Å²) in [5.74, 6) is 0. The zero-order valence-electron chi connectivity index (χ0n) is 9.81. The normalized spacial score (nSPS) is 14.2. The highest BCUT2D eigenvalue weighted by atomic mass is 79.9. The minimum absolute atomic E-state index is 0.948. The third-order valence-electron chi connectivity index (χ3n) is 3.21. The quantitative estimate of drug-likeness (QED) is 0.776. The molecule has 0 spiro atoms. The van der Waals surface area contributed by atoms with E-state index < -0.39 is 0 Å². The Balaban J connectivity index is 2.52. The van der Waals surface area contributed by atoms with Crippen molar-refractivity contribution in [3.8, 4) is 0 Å². The molecule has 2 rings (SSSR count). The predicted octanol–water partition coefficient (Wildman–Crippen LogP) is 4.38. The molecule has 16 heavy (non-hydrogen) atoms. The topological polar surface area (TPSA) is 3.24 Å². The number of halogens is 1. The van der Waals surface area contributed by atoms with E-state index in [9.17, 15) is 0 Å². The summed E-state index contributed by atoms with van der Waals surface area (Å²) in [7, 11) is 2.06. The van der Waals surface area contributed by atoms with Gasteiger partial charge in [-0.25, -0.2) is 0 Å². The molecular formula is C14H16BrN. The Kier molecular flexibility index (Phi) is 2.94. The lowest BCUT2D eigenvalue weighted by Crippen LogP contribution is -2.09. The van der Waals surface area contributed by atoms with Gasteiger partial charge in [0.2, 0.25) is 0 Å². The molecule has 1 aromatic carbocycles. The van der Waals surface area contributed by atoms with Crippen molar-refractivity contribution in [2.45, 2.75) is 19.8 Å². The average Bonchev–Trinajstić information content (AvgIpc) is 2.53. The highest BCUT2D eigenvalue weighted by Gasteiger charge is 2.21. The monoisotopic (exact) mass is 277 g/mol. The van der Waals surface area contributed by atoms with Crippen molar-refractivity contribution in [2.75, 3.05) is 11.9 Å². The summed E-state index contributed by atoms with van der Waals surface area (Å²) in [6, 6.07) is 4.41. The van der Waals surface area contributed by atoms with Gasteiger partial charge in [-0.2, -0.15) is 0 Å². The third-order valence-corrected chi connectivity index (χ3v) is 3.86. The number of fused-ring (bicyclic) bond motifs is 1. The van der Waals surface area contributed by atoms with Gasteiger partial charge in [0, 0.05) is 29.3 Å². The van der Waals surface area contributed by atoms with Gasteiger partial charge in [0.1, 0.15) is 0 Å². The molecule has 0 amide bonds. The van der Waals surface area contributed by atoms with Crippen LogP contribution in [0.4, 0.5) is 5.69 Å². The van der Waals surface area contributed by atoms with Crippen LogP contribution in [0, 0.1) is 0 Å². The van der Waals surface area contributed by atoms with Crippen LogP contribution in [-0.2, 0) is 6.42 Å². The lowest BCUT2D eigenvalue weighted by Gasteiger charge is -2.15. The van der Waals surface area contributed by atoms with Crippen LogP contribution in [0.2, 0.25) is 0 Å². The number of allylic oxidation sites excluding steroid dienone is 2. The third kappa shape index (κ3) is 1.71. The molecule has 0 saturated heterocycles. The van der Waals surface area contributed by atoms with Crippen molar-refractivity contribution in [2.24, 2.45) is 0 Å². The van der Waals surface area contributed by atoms with Gasteiger partial charge in [0.15, 0.2) is 0 Å². The summed E-state index contributed by atoms with van der Waals surface area (Å²) in [6.07, 6.45) is 1.93. The summed E-state index contributed by atoms with van der Waals surface area (Å²) in [5.41, 5.74) is 6.16. The lowest BCUT2D eigenvalue weighted by atomic mass is 10.0. The number of likely N-dealkylation sites (N-methyl/N-ethyl adjacent to an activating group) is 1. The van der Waals surface area contributed by atoms with Crippen LogP contribution in [0.15, 0.2) is 35.5 Å². The maximum Gasteiger partial charge on any atom is 0.0453 e. The molecule has 0 bridgehead atoms. The van der Waals surface area contributed by atoms with E-state index in [0.717, 1.165) is 23.0 Å². The first kappa shape index (κ1) is 11.5. The molecule has 0 N–H and O–H groups in total. The van der Waals surface area contributed by atoms with E-state index in [2.05, 4.69) is 60.1 Å². The summed E-state index contributed by atoms with van der Waals surface area (Å²) in [4.78, 5) is 2.15. The van der Waals surface area contributed by atoms with Crippen LogP contribution >= 0.6 is 15.9 Å². The molecule has 0 fully saturated rings. The van der Waals surface area contributed by atoms with Crippen molar-refractivity contribution in [3.63, 3.8) is 0 Å². The fourth-order valence-electron chi connectivity index (χ4n) is 2.03. The van der Waals surface area contributed by atoms with Crippen molar-refractivity contribution < 1.29 is 0 Å². The van der Waals surface area contributed by atoms with Crippen LogP contribution in [-0.4, -0.2) is 7.05 Å². The van der Waals surface area contributed by atoms with Crippen LogP contribution in [0.3, 0.4) is 0 Å². The van der Waals surface area contributed by atoms with Gasteiger partial charge < -0.3 is 4.90 Å². The number of rotatable bonds is 2. The summed E-state index contributed by atoms with van der Waals surface area (Å²) >= 11 is 3.62. The summed E-state index contributed by atoms with van der Waals surface area (Å²) in [6.45, 7) is 10.3. The fraction of sp³-hybridized carbons (Fsp3) is 0.286. The second-order valence-corrected chi connectivity index (χ2v) is 5.07. The largest absolute Gasteiger partial charge is 0.348 e. The molecule has 0 saturated carbocycles. The van der Waals surface area contributed by atoms with Crippen LogP contribution in [0.1, 0.15) is 24.5 Å². The molecule has 1 heterocycles. The van der Waals surface area contributed by atoms with Gasteiger partial charge in [-0.1, -0.05) is 36.0 Å². The molecule has 84 valence electrons. The van der Waals surface area contributed by atoms with E-state index in [1.165, 1.54) is 22.4 Å². The Hall–Kier alpha value is -1.02. The predicted molar refractivity (Wildman–Crippen MR) is 74.7 cm³/mol. The Morgan fingerprint density at radius 3 is 2.81 bits per heavy atom. The highest BCUT2D eigenvalue weighted by molar-refractivity contribution is 9.10. The van der Waals surface area contributed by atoms with E-state index in [0.29, 0.717) is 0 Å². The van der Waals surface area contributed by atoms with Gasteiger partial charge in [0.05, 0.1) is 0 Å². The number of benzene rings is 1. The Morgan fingerprint density at radius 1 is 1.50 bits per heavy atom. The van der Waals surface area contributed by atoms with Gasteiger partial charge >= 0.3 is 0 Å². The summed E-state index contributed by atoms with van der Waals surface area (Å²) < 4.78 is 1.12. The number of anilines is 1. The van der Waals surface area contributed by atoms with E-state index >= 15 is 0 Å². The SMILES string of the molecule is C=C(CC)c1cc2c(cc1Br)N(C)C(=C)C2. The first-order valence-electron chi connectivity index (χ1n) is 5.46. The minimum Gasteiger partial charge on any atom is -0.348 e. The van der Waals surface area contributed by atoms with E-state index in [1.54, 1.807) is 0 Å². The lowest BCUT2D eigenvalue weighted by molar-refractivity contribution is 1.11. The Labute approximate surface area is 106 Å². The molecule has 2 heteroatoms. The molecule has 1 aromatic rings. The fourth-order valence-corrected chi connectivity index (χ4v) is 2.64. The molecule has 0 radical (unpaired) electrons. The maximum absolute atomic E-state index is 4.10. The van der Waals surface area contributed by atoms with Crippen molar-refractivity contribution in [3.05, 3.63) is 46.6 Å². The van der Waals surface area contributed by atoms with E-state index in [4.69, 9.17) is 0 Å². The zero-order valence-corrected chi connectivity index (χ0v) is 11.4. The Morgan fingerprint density at radius 2 is 2.19 bits per heavy atom. The molecule has 1 nitrogen and oxygen atoms in total. The van der Waals surface area contributed by atoms with Gasteiger partial charge in [0.25, 0.3) is 0 Å². The molecule has 0 unspecified atom stereocenters. The van der Waals surface area contributed by atoms with E-state index in [-0.39, 0.29) is 0 Å². The second-order valence-electron chi connectivity index (χ2n) is 4.22. The van der Waals surface area contributed by atoms with Crippen molar-refractivity contribution in [1.82, 2.24) is 0 Å². The molecule has 0 atom stereocenters. The van der Waals surface area contributed by atoms with Crippen molar-refractivity contribution >= 4 is 27.2 Å². The zero-order chi connectivity index (χ0) is 11.9. The van der Waals surface area contributed by atoms with Gasteiger partial charge in [-0.15, -0.1) is 0 Å². The van der Waals surface area contributed by atoms with Crippen molar-refractivity contribution in [1.29, 1.82) is 0 Å². The number of nitrogens with zero attached hydrogens (tertiary/aromatic N) is 1. The van der Waals surface area contributed by atoms with Gasteiger partial charge in [-0.3, -0.25) is 0 Å². The molecule has 0 aliphatic carbocycles. The first-order chi connectivity index (χ1) is 7.54. The van der Waals surface area contributed by atoms with Gasteiger partial charge in [-0.05, 0) is 35.3 Å². The molecule has 1 aliphatic rings. The average molecular weight is 278 g/mol. The second kappa shape index (κ2) is 4.10. The standard InChI is InChI=1S/C14H16BrN/c1-5-9(2)12-7-11-6-10(3)16(4)14(11)8-13(12)15/h7-8H,2-3,5-6H2,1,4H3. The smallest absolute Gasteiger partial charge is 0.0453 e. The maximum atomic E-state index is 4.10. The van der Waals surface area contributed by atoms with E-state index in [1.807, 2.05) is 0 Å². The minimum atomic E-state index is 0.948. The number of hydrogen-bond donors (Lipinski definition) is 0. The molecular weight excluding hydrogens is 262 g/mol. The molecule has 0 aromatic heterocycles. The Bertz CT molecular complexity index is 474. The van der Waals surface area contributed by atoms with Crippen LogP contribution < -0.4 is 4.90 Å². The molecule has 1 aliphatic heterocycles. The number of hydrogen-bond acceptors (Lipinski definition) is 1. The van der Waals surface area contributed by atoms with Crippen LogP contribution in [0.25, 0.3) is 5.57 Å². The first-order valence-corrected chi connectivity index (χ1v) is 6.26. The van der Waals surface area contributed by atoms with Crippen LogP contribution in [0.5, 0.6) is 0 Å². The summed E-state index contributed by atoms with van der Waals surface area (Å²) in [5, 5.41) is 0. The highest BCUT2D eigenvalue weighted by Crippen LogP contribution is 2.38.